The highest BCUT2D eigenvalue weighted by atomic mass is 32.1. The number of aliphatic hydroxyl groups is 3. The molecule has 5 fully saturated rings. The number of ether oxygens (including phenoxy) is 8. The third kappa shape index (κ3) is 17.2. The van der Waals surface area contributed by atoms with Gasteiger partial charge < -0.3 is 78.5 Å². The number of carboxylic acid groups (broad SMARTS) is 2. The molecule has 3 aromatic heterocycles. The number of pyridine rings is 1. The summed E-state index contributed by atoms with van der Waals surface area (Å²) in [5.74, 6) is -3.34. The number of para-hydroxylation sites is 1. The number of hydrogen-bond acceptors (Lipinski definition) is 24. The van der Waals surface area contributed by atoms with Crippen molar-refractivity contribution >= 4 is 79.9 Å². The standard InChI is InChI=1S/C75H89N9O21S/c1-44-51(49-16-18-57(79-61(49)67(93)94)82-24-22-48-52(35-82)50(15-17-54(48)99-5)66(92)80-70-78-53-10-6-7-11-56(53)106-70)34-77-84(44)43-74-38-72(2)37-73(3,39-74)41-75(40-72,42-74)103-30-27-81(26-29-98-4)71(97)102-36-45-13-14-47(104-69-64(91)62(89)63(90)65(105-69)68(95)96)33-55(45)101-32-31-100-28-23-76-58(86)12-8-9-46(85)21-25-83-59(87)19-20-60(83)88/h6-7,10-11,13-20,33-34,62-65,69,89-91H,8-9,12,21-32,35-43H2,1-5H3,(H,76,86)(H,93,94)(H,95,96)(H,78,80,92)/t62-,63-,64+,65-,69+,72?,73?,74?,75?/m0/s1. The number of amides is 5. The SMILES string of the molecule is COCCN(CCOC12CC3(C)CC(C)(CC(Cn4ncc(-c5ccc(N6CCc7c(OC)ccc(C(=O)Nc8nc9ccccc9s8)c7C6)nc5C(=O)O)c4C)(C3)C1)C2)C(=O)OCc1ccc(O[C@@H]2O[C@H](C(=O)O)[C@@H](O)[C@H](O)[C@H]2O)cc1OCCOCCNC(=O)CCCC(=O)CCN1C(=O)C=CC1=O. The number of Topliss-reactive ketones (excluding diaryl/α,β-unsaturated/α-hetero) is 1. The number of carboxylic acids is 2. The van der Waals surface area contributed by atoms with Gasteiger partial charge in [0, 0.05) is 124 Å². The Morgan fingerprint density at radius 2 is 1.55 bits per heavy atom. The Balaban J connectivity index is 0.672. The second-order valence-corrected chi connectivity index (χ2v) is 30.1. The third-order valence-electron chi connectivity index (χ3n) is 20.8. The lowest BCUT2D eigenvalue weighted by atomic mass is 9.39. The molecule has 3 aliphatic heterocycles. The first kappa shape index (κ1) is 76.2. The van der Waals surface area contributed by atoms with E-state index in [1.165, 1.54) is 41.5 Å². The van der Waals surface area contributed by atoms with Gasteiger partial charge in [0.25, 0.3) is 17.7 Å². The molecule has 3 aromatic carbocycles. The van der Waals surface area contributed by atoms with Gasteiger partial charge in [-0.15, -0.1) is 0 Å². The zero-order valence-corrected chi connectivity index (χ0v) is 60.6. The van der Waals surface area contributed by atoms with Crippen molar-refractivity contribution in [1.29, 1.82) is 0 Å². The summed E-state index contributed by atoms with van der Waals surface area (Å²) in [7, 11) is 3.12. The first-order chi connectivity index (χ1) is 50.8. The minimum absolute atomic E-state index is 0.00815. The van der Waals surface area contributed by atoms with Gasteiger partial charge in [0.1, 0.15) is 60.4 Å². The number of carbonyl (C=O) groups excluding carboxylic acids is 6. The number of aliphatic hydroxyl groups excluding tert-OH is 3. The number of aromatic nitrogens is 4. The summed E-state index contributed by atoms with van der Waals surface area (Å²) in [6.45, 7) is 8.41. The van der Waals surface area contributed by atoms with E-state index < -0.39 is 66.2 Å². The Kier molecular flexibility index (Phi) is 23.2. The monoisotopic (exact) mass is 1480 g/mol. The van der Waals surface area contributed by atoms with E-state index in [0.717, 1.165) is 82.6 Å². The van der Waals surface area contributed by atoms with Crippen molar-refractivity contribution in [2.45, 2.75) is 147 Å². The van der Waals surface area contributed by atoms with Crippen molar-refractivity contribution in [2.24, 2.45) is 16.2 Å². The van der Waals surface area contributed by atoms with Crippen molar-refractivity contribution in [3.63, 3.8) is 0 Å². The van der Waals surface area contributed by atoms with Gasteiger partial charge in [-0.05, 0) is 129 Å². The minimum atomic E-state index is -1.96. The van der Waals surface area contributed by atoms with E-state index in [4.69, 9.17) is 48.0 Å². The van der Waals surface area contributed by atoms with E-state index in [0.29, 0.717) is 58.5 Å². The van der Waals surface area contributed by atoms with Crippen LogP contribution in [0.3, 0.4) is 0 Å². The normalized spacial score (nSPS) is 24.3. The second kappa shape index (κ2) is 32.3. The van der Waals surface area contributed by atoms with Crippen LogP contribution >= 0.6 is 11.3 Å². The lowest BCUT2D eigenvalue weighted by molar-refractivity contribution is -0.271. The van der Waals surface area contributed by atoms with Crippen LogP contribution < -0.4 is 29.7 Å². The van der Waals surface area contributed by atoms with E-state index in [1.807, 2.05) is 46.8 Å². The second-order valence-electron chi connectivity index (χ2n) is 29.0. The molecule has 5 amide bonds. The van der Waals surface area contributed by atoms with Crippen LogP contribution in [-0.4, -0.2) is 219 Å². The molecule has 13 rings (SSSR count). The largest absolute Gasteiger partial charge is 0.496 e. The number of fused-ring (bicyclic) bond motifs is 2. The number of aliphatic carboxylic acids is 1. The van der Waals surface area contributed by atoms with E-state index >= 15 is 0 Å². The molecule has 6 heterocycles. The molecule has 4 aliphatic carbocycles. The maximum absolute atomic E-state index is 14.2. The molecule has 106 heavy (non-hydrogen) atoms. The third-order valence-corrected chi connectivity index (χ3v) is 21.7. The molecule has 2 unspecified atom stereocenters. The molecule has 30 nitrogen and oxygen atoms in total. The number of benzene rings is 3. The maximum Gasteiger partial charge on any atom is 0.410 e. The van der Waals surface area contributed by atoms with Crippen LogP contribution in [0.5, 0.6) is 17.2 Å². The van der Waals surface area contributed by atoms with Gasteiger partial charge in [-0.1, -0.05) is 37.3 Å². The number of nitrogens with one attached hydrogen (secondary N) is 2. The number of aromatic carboxylic acids is 1. The topological polar surface area (TPSA) is 389 Å². The number of carbonyl (C=O) groups is 8. The predicted molar refractivity (Wildman–Crippen MR) is 381 cm³/mol. The summed E-state index contributed by atoms with van der Waals surface area (Å²) < 4.78 is 50.2. The molecular formula is C75H89N9O21S. The lowest BCUT2D eigenvalue weighted by Gasteiger charge is -2.69. The molecule has 7 aliphatic rings. The van der Waals surface area contributed by atoms with Crippen molar-refractivity contribution < 1.29 is 102 Å². The number of ketones is 1. The van der Waals surface area contributed by atoms with Crippen LogP contribution in [-0.2, 0) is 73.8 Å². The molecule has 7 atom stereocenters. The number of rotatable bonds is 34. The van der Waals surface area contributed by atoms with Crippen LogP contribution in [0.2, 0.25) is 0 Å². The smallest absolute Gasteiger partial charge is 0.410 e. The van der Waals surface area contributed by atoms with Gasteiger partial charge in [-0.25, -0.2) is 24.4 Å². The Hall–Kier alpha value is -9.47. The highest BCUT2D eigenvalue weighted by molar-refractivity contribution is 7.22. The quantitative estimate of drug-likeness (QED) is 0.0164. The maximum atomic E-state index is 14.2. The van der Waals surface area contributed by atoms with Gasteiger partial charge >= 0.3 is 18.0 Å². The van der Waals surface area contributed by atoms with Gasteiger partial charge in [0.2, 0.25) is 12.2 Å². The van der Waals surface area contributed by atoms with Crippen LogP contribution in [0.15, 0.2) is 85.1 Å². The van der Waals surface area contributed by atoms with E-state index in [1.54, 1.807) is 31.5 Å². The number of methoxy groups -OCH3 is 2. The molecule has 7 N–H and O–H groups in total. The van der Waals surface area contributed by atoms with Crippen molar-refractivity contribution in [3.8, 4) is 28.4 Å². The molecule has 0 radical (unpaired) electrons. The van der Waals surface area contributed by atoms with Crippen LogP contribution in [0.1, 0.15) is 121 Å². The number of imide groups is 1. The van der Waals surface area contributed by atoms with E-state index in [-0.39, 0.29) is 149 Å². The lowest BCUT2D eigenvalue weighted by Crippen LogP contribution is -2.64. The highest BCUT2D eigenvalue weighted by Gasteiger charge is 2.66. The summed E-state index contributed by atoms with van der Waals surface area (Å²) in [4.78, 5) is 116. The Bertz CT molecular complexity index is 4280. The number of hydrogen-bond donors (Lipinski definition) is 7. The van der Waals surface area contributed by atoms with Crippen LogP contribution in [0.4, 0.5) is 15.7 Å². The zero-order valence-electron chi connectivity index (χ0n) is 59.7. The average molecular weight is 1480 g/mol. The first-order valence-corrected chi connectivity index (χ1v) is 36.3. The molecule has 0 spiro atoms. The number of anilines is 2. The van der Waals surface area contributed by atoms with Gasteiger partial charge in [0.05, 0.1) is 55.6 Å². The summed E-state index contributed by atoms with van der Waals surface area (Å²) in [6.07, 6.45) is 0.0873. The summed E-state index contributed by atoms with van der Waals surface area (Å²) in [5, 5.41) is 63.1. The fraction of sp³-hybridized carbons (Fsp3) is 0.507. The average Bonchev–Trinajstić information content (AvgIpc) is 1.07. The van der Waals surface area contributed by atoms with Crippen LogP contribution in [0, 0.1) is 23.2 Å². The molecule has 1 saturated heterocycles. The van der Waals surface area contributed by atoms with E-state index in [2.05, 4.69) is 29.5 Å². The molecule has 31 heteroatoms. The van der Waals surface area contributed by atoms with Crippen molar-refractivity contribution in [3.05, 3.63) is 119 Å². The summed E-state index contributed by atoms with van der Waals surface area (Å²) >= 11 is 1.39. The van der Waals surface area contributed by atoms with Gasteiger partial charge in [-0.2, -0.15) is 5.10 Å². The summed E-state index contributed by atoms with van der Waals surface area (Å²) in [6, 6.07) is 19.1. The molecule has 566 valence electrons. The molecule has 6 aromatic rings. The highest BCUT2D eigenvalue weighted by Crippen LogP contribution is 2.72. The molecule has 4 saturated carbocycles. The Morgan fingerprint density at radius 3 is 2.28 bits per heavy atom. The van der Waals surface area contributed by atoms with Crippen molar-refractivity contribution in [2.75, 3.05) is 90.2 Å². The fourth-order valence-corrected chi connectivity index (χ4v) is 17.9. The number of thiazole rings is 1. The fourth-order valence-electron chi connectivity index (χ4n) is 17.0. The Labute approximate surface area is 614 Å². The zero-order chi connectivity index (χ0) is 75.2. The van der Waals surface area contributed by atoms with Crippen molar-refractivity contribution in [1.82, 2.24) is 34.9 Å². The Morgan fingerprint density at radius 1 is 0.783 bits per heavy atom. The summed E-state index contributed by atoms with van der Waals surface area (Å²) in [5.41, 5.74) is 4.03. The predicted octanol–water partition coefficient (Wildman–Crippen LogP) is 6.64. The van der Waals surface area contributed by atoms with Gasteiger partial charge in [-0.3, -0.25) is 38.9 Å². The van der Waals surface area contributed by atoms with Gasteiger partial charge in [0.15, 0.2) is 16.9 Å². The van der Waals surface area contributed by atoms with E-state index in [9.17, 15) is 63.9 Å². The first-order valence-electron chi connectivity index (χ1n) is 35.4. The van der Waals surface area contributed by atoms with Crippen LogP contribution in [0.25, 0.3) is 21.3 Å². The molecule has 4 bridgehead atoms. The molecular weight excluding hydrogens is 1390 g/mol. The number of nitrogens with zero attached hydrogens (tertiary/aromatic N) is 7. The minimum Gasteiger partial charge on any atom is -0.496 e.